The van der Waals surface area contributed by atoms with Crippen molar-refractivity contribution in [2.24, 2.45) is 0 Å². The van der Waals surface area contributed by atoms with Crippen LogP contribution in [0.15, 0.2) is 59.9 Å². The molecule has 2 heterocycles. The molecule has 176 valence electrons. The number of anilines is 3. The Balaban J connectivity index is 1.68. The predicted octanol–water partition coefficient (Wildman–Crippen LogP) is 3.78. The second-order valence-electron chi connectivity index (χ2n) is 7.65. The minimum absolute atomic E-state index is 0.179. The van der Waals surface area contributed by atoms with Crippen LogP contribution in [0, 0.1) is 19.7 Å². The Morgan fingerprint density at radius 1 is 1.15 bits per heavy atom. The van der Waals surface area contributed by atoms with Gasteiger partial charge in [0.05, 0.1) is 16.1 Å². The number of nitrogens with one attached hydrogen (secondary N) is 3. The van der Waals surface area contributed by atoms with Crippen LogP contribution >= 0.6 is 0 Å². The molecule has 4 rings (SSSR count). The van der Waals surface area contributed by atoms with Crippen molar-refractivity contribution >= 4 is 38.6 Å². The molecule has 0 fully saturated rings. The molecule has 11 heteroatoms. The highest BCUT2D eigenvalue weighted by Gasteiger charge is 2.19. The summed E-state index contributed by atoms with van der Waals surface area (Å²) >= 11 is 0. The summed E-state index contributed by atoms with van der Waals surface area (Å²) in [5, 5.41) is 10.2. The lowest BCUT2D eigenvalue weighted by molar-refractivity contribution is 0.0955. The number of hydrogen-bond donors (Lipinski definition) is 3. The molecular formula is C23H23FN6O3S. The van der Waals surface area contributed by atoms with E-state index < -0.39 is 15.8 Å². The van der Waals surface area contributed by atoms with Crippen molar-refractivity contribution in [2.75, 3.05) is 16.6 Å². The third-order valence-corrected chi connectivity index (χ3v) is 6.64. The fourth-order valence-corrected chi connectivity index (χ4v) is 4.61. The number of carbonyl (C=O) groups is 1. The first kappa shape index (κ1) is 23.2. The Bertz CT molecular complexity index is 1500. The molecule has 34 heavy (non-hydrogen) atoms. The highest BCUT2D eigenvalue weighted by molar-refractivity contribution is 7.92. The molecule has 2 aromatic carbocycles. The number of halogens is 1. The Morgan fingerprint density at radius 2 is 1.94 bits per heavy atom. The van der Waals surface area contributed by atoms with Gasteiger partial charge < -0.3 is 10.6 Å². The van der Waals surface area contributed by atoms with Crippen molar-refractivity contribution in [1.82, 2.24) is 19.9 Å². The third kappa shape index (κ3) is 4.55. The zero-order valence-electron chi connectivity index (χ0n) is 18.8. The molecule has 3 N–H and O–H groups in total. The highest BCUT2D eigenvalue weighted by atomic mass is 32.2. The zero-order valence-corrected chi connectivity index (χ0v) is 19.6. The van der Waals surface area contributed by atoms with Crippen LogP contribution in [0.3, 0.4) is 0 Å². The first-order chi connectivity index (χ1) is 16.2. The van der Waals surface area contributed by atoms with Gasteiger partial charge in [-0.05, 0) is 62.2 Å². The van der Waals surface area contributed by atoms with E-state index in [1.807, 2.05) is 20.8 Å². The Morgan fingerprint density at radius 3 is 2.68 bits per heavy atom. The van der Waals surface area contributed by atoms with Gasteiger partial charge in [-0.1, -0.05) is 12.1 Å². The van der Waals surface area contributed by atoms with Crippen LogP contribution in [0.5, 0.6) is 0 Å². The highest BCUT2D eigenvalue weighted by Crippen LogP contribution is 2.29. The lowest BCUT2D eigenvalue weighted by Crippen LogP contribution is -2.22. The molecule has 1 amide bonds. The van der Waals surface area contributed by atoms with Crippen LogP contribution in [0.25, 0.3) is 5.52 Å². The summed E-state index contributed by atoms with van der Waals surface area (Å²) in [7, 11) is -3.98. The molecule has 0 aliphatic heterocycles. The van der Waals surface area contributed by atoms with Gasteiger partial charge in [-0.15, -0.1) is 0 Å². The number of aryl methyl sites for hydroxylation is 2. The summed E-state index contributed by atoms with van der Waals surface area (Å²) in [4.78, 5) is 16.5. The molecule has 0 aliphatic rings. The van der Waals surface area contributed by atoms with E-state index in [-0.39, 0.29) is 16.5 Å². The molecule has 0 atom stereocenters. The van der Waals surface area contributed by atoms with E-state index in [0.717, 1.165) is 11.6 Å². The van der Waals surface area contributed by atoms with Gasteiger partial charge in [0.15, 0.2) is 5.82 Å². The average Bonchev–Trinajstić information content (AvgIpc) is 3.13. The maximum Gasteiger partial charge on any atom is 0.261 e. The Kier molecular flexibility index (Phi) is 6.20. The fourth-order valence-electron chi connectivity index (χ4n) is 3.53. The van der Waals surface area contributed by atoms with E-state index in [4.69, 9.17) is 0 Å². The standard InChI is InChI=1S/C23H23FN6O3S/c1-4-25-23(31)19-12-30-21(15(19)3)22(26-13-27-30)28-20-11-17(9-8-14(20)2)29-34(32,33)18-7-5-6-16(24)10-18/h5-13,29H,4H2,1-3H3,(H,25,31)(H,26,27,28). The smallest absolute Gasteiger partial charge is 0.261 e. The number of nitrogens with zero attached hydrogens (tertiary/aromatic N) is 3. The Labute approximate surface area is 196 Å². The lowest BCUT2D eigenvalue weighted by Gasteiger charge is -2.14. The van der Waals surface area contributed by atoms with Gasteiger partial charge in [0.2, 0.25) is 0 Å². The van der Waals surface area contributed by atoms with Gasteiger partial charge in [0, 0.05) is 18.4 Å². The molecular weight excluding hydrogens is 459 g/mol. The second kappa shape index (κ2) is 9.10. The van der Waals surface area contributed by atoms with E-state index in [1.165, 1.54) is 24.5 Å². The Hall–Kier alpha value is -3.99. The minimum Gasteiger partial charge on any atom is -0.352 e. The van der Waals surface area contributed by atoms with E-state index in [9.17, 15) is 17.6 Å². The maximum atomic E-state index is 13.5. The average molecular weight is 483 g/mol. The van der Waals surface area contributed by atoms with Crippen LogP contribution in [0.4, 0.5) is 21.6 Å². The molecule has 9 nitrogen and oxygen atoms in total. The molecule has 4 aromatic rings. The predicted molar refractivity (Wildman–Crippen MR) is 127 cm³/mol. The fraction of sp³-hybridized carbons (Fsp3) is 0.174. The summed E-state index contributed by atoms with van der Waals surface area (Å²) in [6.07, 6.45) is 3.00. The molecule has 0 saturated heterocycles. The van der Waals surface area contributed by atoms with E-state index in [0.29, 0.717) is 34.7 Å². The molecule has 0 aliphatic carbocycles. The first-order valence-electron chi connectivity index (χ1n) is 10.5. The van der Waals surface area contributed by atoms with Crippen molar-refractivity contribution in [2.45, 2.75) is 25.7 Å². The van der Waals surface area contributed by atoms with Crippen molar-refractivity contribution in [3.05, 3.63) is 77.5 Å². The lowest BCUT2D eigenvalue weighted by atomic mass is 10.1. The van der Waals surface area contributed by atoms with Gasteiger partial charge >= 0.3 is 0 Å². The second-order valence-corrected chi connectivity index (χ2v) is 9.33. The van der Waals surface area contributed by atoms with E-state index >= 15 is 0 Å². The van der Waals surface area contributed by atoms with Crippen molar-refractivity contribution in [3.63, 3.8) is 0 Å². The van der Waals surface area contributed by atoms with Gasteiger partial charge in [0.1, 0.15) is 17.7 Å². The maximum absolute atomic E-state index is 13.5. The molecule has 2 aromatic heterocycles. The number of carbonyl (C=O) groups excluding carboxylic acids is 1. The number of aromatic nitrogens is 3. The number of sulfonamides is 1. The van der Waals surface area contributed by atoms with Crippen LogP contribution < -0.4 is 15.4 Å². The number of fused-ring (bicyclic) bond motifs is 1. The van der Waals surface area contributed by atoms with Crippen LogP contribution in [-0.4, -0.2) is 35.5 Å². The molecule has 0 spiro atoms. The summed E-state index contributed by atoms with van der Waals surface area (Å²) in [5.41, 5.74) is 3.53. The summed E-state index contributed by atoms with van der Waals surface area (Å²) in [5.74, 6) is -0.394. The zero-order chi connectivity index (χ0) is 24.5. The quantitative estimate of drug-likeness (QED) is 0.369. The summed E-state index contributed by atoms with van der Waals surface area (Å²) in [6.45, 7) is 6.01. The molecule has 0 saturated carbocycles. The monoisotopic (exact) mass is 482 g/mol. The topological polar surface area (TPSA) is 117 Å². The van der Waals surface area contributed by atoms with Gasteiger partial charge in [-0.2, -0.15) is 5.10 Å². The largest absolute Gasteiger partial charge is 0.352 e. The molecule has 0 unspecified atom stereocenters. The summed E-state index contributed by atoms with van der Waals surface area (Å²) < 4.78 is 42.9. The van der Waals surface area contributed by atoms with E-state index in [2.05, 4.69) is 25.4 Å². The minimum atomic E-state index is -3.98. The van der Waals surface area contributed by atoms with Crippen LogP contribution in [0.1, 0.15) is 28.4 Å². The van der Waals surface area contributed by atoms with Gasteiger partial charge in [-0.25, -0.2) is 22.3 Å². The molecule has 0 radical (unpaired) electrons. The van der Waals surface area contributed by atoms with Crippen molar-refractivity contribution in [3.8, 4) is 0 Å². The number of rotatable bonds is 7. The van der Waals surface area contributed by atoms with Gasteiger partial charge in [0.25, 0.3) is 15.9 Å². The number of amides is 1. The van der Waals surface area contributed by atoms with Crippen LogP contribution in [0.2, 0.25) is 0 Å². The normalized spacial score (nSPS) is 11.4. The number of benzene rings is 2. The summed E-state index contributed by atoms with van der Waals surface area (Å²) in [6, 6.07) is 9.76. The van der Waals surface area contributed by atoms with Crippen LogP contribution in [-0.2, 0) is 10.0 Å². The van der Waals surface area contributed by atoms with Gasteiger partial charge in [-0.3, -0.25) is 9.52 Å². The van der Waals surface area contributed by atoms with Crippen molar-refractivity contribution < 1.29 is 17.6 Å². The van der Waals surface area contributed by atoms with Crippen molar-refractivity contribution in [1.29, 1.82) is 0 Å². The third-order valence-electron chi connectivity index (χ3n) is 5.26. The first-order valence-corrected chi connectivity index (χ1v) is 11.9. The molecule has 0 bridgehead atoms. The van der Waals surface area contributed by atoms with E-state index in [1.54, 1.807) is 28.9 Å². The number of hydrogen-bond acceptors (Lipinski definition) is 6. The SMILES string of the molecule is CCNC(=O)c1cn2ncnc(Nc3cc(NS(=O)(=O)c4cccc(F)c4)ccc3C)c2c1C.